The minimum atomic E-state index is -3.54. The van der Waals surface area contributed by atoms with E-state index in [1.807, 2.05) is 0 Å². The second-order valence-electron chi connectivity index (χ2n) is 9.07. The Bertz CT molecular complexity index is 923. The number of nitrogens with zero attached hydrogens (tertiary/aromatic N) is 1. The third-order valence-corrected chi connectivity index (χ3v) is 9.26. The van der Waals surface area contributed by atoms with Crippen LogP contribution in [0.4, 0.5) is 5.69 Å². The van der Waals surface area contributed by atoms with Crippen molar-refractivity contribution in [3.63, 3.8) is 0 Å². The smallest absolute Gasteiger partial charge is 0.255 e. The van der Waals surface area contributed by atoms with Crippen LogP contribution in [0.1, 0.15) is 62.2 Å². The van der Waals surface area contributed by atoms with Crippen LogP contribution in [0.5, 0.6) is 5.75 Å². The van der Waals surface area contributed by atoms with Gasteiger partial charge in [-0.1, -0.05) is 6.92 Å². The molecule has 3 fully saturated rings. The summed E-state index contributed by atoms with van der Waals surface area (Å²) >= 11 is 0. The molecule has 0 radical (unpaired) electrons. The van der Waals surface area contributed by atoms with Crippen LogP contribution in [0.25, 0.3) is 0 Å². The molecule has 1 aromatic rings. The van der Waals surface area contributed by atoms with Gasteiger partial charge in [-0.3, -0.25) is 9.69 Å². The van der Waals surface area contributed by atoms with Crippen molar-refractivity contribution >= 4 is 21.4 Å². The van der Waals surface area contributed by atoms with E-state index >= 15 is 0 Å². The summed E-state index contributed by atoms with van der Waals surface area (Å²) in [7, 11) is -2.08. The third kappa shape index (κ3) is 3.68. The second kappa shape index (κ2) is 8.04. The molecule has 1 unspecified atom stereocenters. The highest BCUT2D eigenvalue weighted by atomic mass is 32.2. The van der Waals surface area contributed by atoms with E-state index in [0.29, 0.717) is 18.1 Å². The van der Waals surface area contributed by atoms with E-state index in [1.54, 1.807) is 6.92 Å². The van der Waals surface area contributed by atoms with Crippen molar-refractivity contribution in [2.45, 2.75) is 68.3 Å². The van der Waals surface area contributed by atoms with Gasteiger partial charge in [0.2, 0.25) is 0 Å². The zero-order valence-corrected chi connectivity index (χ0v) is 18.8. The summed E-state index contributed by atoms with van der Waals surface area (Å²) in [6.07, 6.45) is 8.80. The molecule has 1 amide bonds. The van der Waals surface area contributed by atoms with Gasteiger partial charge >= 0.3 is 0 Å². The fraction of sp³-hybridized carbons (Fsp3) is 0.682. The molecule has 30 heavy (non-hydrogen) atoms. The van der Waals surface area contributed by atoms with Crippen molar-refractivity contribution in [1.29, 1.82) is 0 Å². The van der Waals surface area contributed by atoms with Crippen molar-refractivity contribution in [1.82, 2.24) is 10.2 Å². The number of rotatable bonds is 7. The SMILES string of the molecule is CCS(=O)(=O)c1cc(C(=O)NCC2CCCN2C23CCC(CC2)C3)c(OC)cc1N. The van der Waals surface area contributed by atoms with E-state index < -0.39 is 9.84 Å². The molecule has 2 bridgehead atoms. The lowest BCUT2D eigenvalue weighted by molar-refractivity contribution is 0.0748. The maximum Gasteiger partial charge on any atom is 0.255 e. The quantitative estimate of drug-likeness (QED) is 0.639. The number of likely N-dealkylation sites (tertiary alicyclic amines) is 1. The van der Waals surface area contributed by atoms with Crippen molar-refractivity contribution in [3.8, 4) is 5.75 Å². The number of anilines is 1. The van der Waals surface area contributed by atoms with Gasteiger partial charge in [-0.05, 0) is 63.5 Å². The maximum absolute atomic E-state index is 13.0. The fourth-order valence-corrected chi connectivity index (χ4v) is 6.92. The molecule has 0 spiro atoms. The fourth-order valence-electron chi connectivity index (χ4n) is 5.89. The van der Waals surface area contributed by atoms with Gasteiger partial charge in [-0.25, -0.2) is 8.42 Å². The molecule has 2 saturated carbocycles. The van der Waals surface area contributed by atoms with Gasteiger partial charge in [0, 0.05) is 24.2 Å². The number of sulfone groups is 1. The molecule has 2 aliphatic carbocycles. The first-order chi connectivity index (χ1) is 14.3. The molecule has 4 rings (SSSR count). The van der Waals surface area contributed by atoms with Gasteiger partial charge in [-0.2, -0.15) is 0 Å². The van der Waals surface area contributed by atoms with Crippen LogP contribution in [0, 0.1) is 5.92 Å². The molecule has 1 heterocycles. The van der Waals surface area contributed by atoms with Crippen molar-refractivity contribution in [2.24, 2.45) is 5.92 Å². The Balaban J connectivity index is 1.50. The number of nitrogens with one attached hydrogen (secondary N) is 1. The number of fused-ring (bicyclic) bond motifs is 2. The maximum atomic E-state index is 13.0. The summed E-state index contributed by atoms with van der Waals surface area (Å²) in [4.78, 5) is 15.6. The van der Waals surface area contributed by atoms with Gasteiger partial charge in [-0.15, -0.1) is 0 Å². The zero-order valence-electron chi connectivity index (χ0n) is 17.9. The van der Waals surface area contributed by atoms with Crippen LogP contribution in [0.15, 0.2) is 17.0 Å². The molecule has 3 aliphatic rings. The zero-order chi connectivity index (χ0) is 21.5. The van der Waals surface area contributed by atoms with Gasteiger partial charge < -0.3 is 15.8 Å². The number of carbonyl (C=O) groups is 1. The third-order valence-electron chi connectivity index (χ3n) is 7.48. The van der Waals surface area contributed by atoms with Gasteiger partial charge in [0.1, 0.15) is 5.75 Å². The summed E-state index contributed by atoms with van der Waals surface area (Å²) in [5.74, 6) is 0.777. The lowest BCUT2D eigenvalue weighted by atomic mass is 9.91. The highest BCUT2D eigenvalue weighted by Crippen LogP contribution is 2.52. The number of methoxy groups -OCH3 is 1. The molecule has 7 nitrogen and oxygen atoms in total. The van der Waals surface area contributed by atoms with Gasteiger partial charge in [0.25, 0.3) is 5.91 Å². The van der Waals surface area contributed by atoms with Crippen molar-refractivity contribution in [3.05, 3.63) is 17.7 Å². The molecule has 166 valence electrons. The Kier molecular flexibility index (Phi) is 5.74. The molecule has 1 saturated heterocycles. The van der Waals surface area contributed by atoms with E-state index in [0.717, 1.165) is 25.3 Å². The number of carbonyl (C=O) groups excluding carboxylic acids is 1. The number of ether oxygens (including phenoxy) is 1. The average Bonchev–Trinajstić information content (AvgIpc) is 3.47. The lowest BCUT2D eigenvalue weighted by Crippen LogP contribution is -2.51. The minimum Gasteiger partial charge on any atom is -0.496 e. The Labute approximate surface area is 179 Å². The van der Waals surface area contributed by atoms with E-state index in [-0.39, 0.29) is 33.6 Å². The monoisotopic (exact) mass is 435 g/mol. The number of hydrogen-bond donors (Lipinski definition) is 2. The normalized spacial score (nSPS) is 28.7. The van der Waals surface area contributed by atoms with Crippen LogP contribution in [0.2, 0.25) is 0 Å². The molecule has 8 heteroatoms. The summed E-state index contributed by atoms with van der Waals surface area (Å²) in [6.45, 7) is 3.23. The van der Waals surface area contributed by atoms with Gasteiger partial charge in [0.05, 0.1) is 29.0 Å². The highest BCUT2D eigenvalue weighted by molar-refractivity contribution is 7.91. The van der Waals surface area contributed by atoms with E-state index in [4.69, 9.17) is 10.5 Å². The van der Waals surface area contributed by atoms with Crippen molar-refractivity contribution < 1.29 is 17.9 Å². The largest absolute Gasteiger partial charge is 0.496 e. The number of hydrogen-bond acceptors (Lipinski definition) is 6. The standard InChI is InChI=1S/C22H33N3O4S/c1-3-30(27,28)20-11-17(19(29-2)12-18(20)23)21(26)24-14-16-5-4-10-25(16)22-8-6-15(13-22)7-9-22/h11-12,15-16H,3-10,13-14,23H2,1-2H3,(H,24,26). The Morgan fingerprint density at radius 3 is 2.63 bits per heavy atom. The van der Waals surface area contributed by atoms with Crippen molar-refractivity contribution in [2.75, 3.05) is 31.7 Å². The summed E-state index contributed by atoms with van der Waals surface area (Å²) in [5.41, 5.74) is 6.58. The Morgan fingerprint density at radius 2 is 2.03 bits per heavy atom. The van der Waals surface area contributed by atoms with E-state index in [1.165, 1.54) is 51.3 Å². The first-order valence-electron chi connectivity index (χ1n) is 11.0. The molecular formula is C22H33N3O4S. The Hall–Kier alpha value is -1.80. The summed E-state index contributed by atoms with van der Waals surface area (Å²) in [6, 6.07) is 3.12. The van der Waals surface area contributed by atoms with Gasteiger partial charge in [0.15, 0.2) is 9.84 Å². The number of nitrogen functional groups attached to an aromatic ring is 1. The minimum absolute atomic E-state index is 0.0136. The van der Waals surface area contributed by atoms with E-state index in [9.17, 15) is 13.2 Å². The predicted molar refractivity (Wildman–Crippen MR) is 117 cm³/mol. The lowest BCUT2D eigenvalue weighted by Gasteiger charge is -2.41. The molecule has 0 aromatic heterocycles. The molecule has 1 aromatic carbocycles. The first-order valence-corrected chi connectivity index (χ1v) is 12.7. The van der Waals surface area contributed by atoms with Crippen LogP contribution >= 0.6 is 0 Å². The Morgan fingerprint density at radius 1 is 1.30 bits per heavy atom. The van der Waals surface area contributed by atoms with E-state index in [2.05, 4.69) is 10.2 Å². The number of amides is 1. The average molecular weight is 436 g/mol. The van der Waals surface area contributed by atoms with Crippen LogP contribution in [-0.2, 0) is 9.84 Å². The van der Waals surface area contributed by atoms with Crippen LogP contribution in [0.3, 0.4) is 0 Å². The highest BCUT2D eigenvalue weighted by Gasteiger charge is 2.51. The number of nitrogens with two attached hydrogens (primary N) is 1. The van der Waals surface area contributed by atoms with Crippen LogP contribution in [-0.4, -0.2) is 56.8 Å². The van der Waals surface area contributed by atoms with Crippen LogP contribution < -0.4 is 15.8 Å². The molecule has 1 atom stereocenters. The second-order valence-corrected chi connectivity index (χ2v) is 11.3. The topological polar surface area (TPSA) is 102 Å². The number of benzene rings is 1. The first kappa shape index (κ1) is 21.4. The molecule has 1 aliphatic heterocycles. The molecule has 3 N–H and O–H groups in total. The summed E-state index contributed by atoms with van der Waals surface area (Å²) in [5, 5.41) is 3.04. The summed E-state index contributed by atoms with van der Waals surface area (Å²) < 4.78 is 30.0. The molecular weight excluding hydrogens is 402 g/mol. The predicted octanol–water partition coefficient (Wildman–Crippen LogP) is 2.60.